The summed E-state index contributed by atoms with van der Waals surface area (Å²) in [6.07, 6.45) is 3.79. The number of hydrogen-bond donors (Lipinski definition) is 0. The van der Waals surface area contributed by atoms with E-state index >= 15 is 0 Å². The van der Waals surface area contributed by atoms with Crippen molar-refractivity contribution in [2.24, 2.45) is 0 Å². The minimum Gasteiger partial charge on any atom is -0.493 e. The summed E-state index contributed by atoms with van der Waals surface area (Å²) in [5.41, 5.74) is 2.93. The van der Waals surface area contributed by atoms with Crippen LogP contribution in [0.15, 0.2) is 78.2 Å². The number of methoxy groups -OCH3 is 1. The number of rotatable bonds is 9. The van der Waals surface area contributed by atoms with Gasteiger partial charge in [-0.05, 0) is 54.1 Å². The van der Waals surface area contributed by atoms with Crippen molar-refractivity contribution >= 4 is 29.0 Å². The second-order valence-electron chi connectivity index (χ2n) is 8.12. The zero-order valence-corrected chi connectivity index (χ0v) is 20.9. The van der Waals surface area contributed by atoms with Gasteiger partial charge in [0.2, 0.25) is 0 Å². The first kappa shape index (κ1) is 25.7. The van der Waals surface area contributed by atoms with Crippen molar-refractivity contribution in [3.63, 3.8) is 0 Å². The quantitative estimate of drug-likeness (QED) is 0.248. The van der Waals surface area contributed by atoms with Gasteiger partial charge in [-0.25, -0.2) is 4.39 Å². The number of allylic oxidation sites excluding steroid dienone is 1. The first-order chi connectivity index (χ1) is 17.9. The molecule has 0 radical (unpaired) electrons. The summed E-state index contributed by atoms with van der Waals surface area (Å²) in [5, 5.41) is 8.89. The third kappa shape index (κ3) is 5.74. The Balaban J connectivity index is 1.61. The van der Waals surface area contributed by atoms with Gasteiger partial charge in [0, 0.05) is 16.7 Å². The van der Waals surface area contributed by atoms with E-state index in [2.05, 4.69) is 12.6 Å². The van der Waals surface area contributed by atoms with Crippen molar-refractivity contribution in [3.8, 4) is 17.6 Å². The summed E-state index contributed by atoms with van der Waals surface area (Å²) in [4.78, 5) is 26.8. The number of amides is 2. The molecule has 3 aromatic rings. The van der Waals surface area contributed by atoms with Gasteiger partial charge >= 0.3 is 0 Å². The number of carbonyl (C=O) groups excluding carboxylic acids is 2. The molecule has 8 heteroatoms. The molecule has 3 aromatic carbocycles. The van der Waals surface area contributed by atoms with E-state index in [1.165, 1.54) is 13.2 Å². The molecule has 1 aliphatic heterocycles. The van der Waals surface area contributed by atoms with Crippen LogP contribution in [-0.4, -0.2) is 23.2 Å². The van der Waals surface area contributed by atoms with E-state index in [1.807, 2.05) is 18.2 Å². The third-order valence-corrected chi connectivity index (χ3v) is 6.61. The van der Waals surface area contributed by atoms with Gasteiger partial charge in [-0.3, -0.25) is 14.5 Å². The molecule has 1 heterocycles. The molecule has 37 heavy (non-hydrogen) atoms. The lowest BCUT2D eigenvalue weighted by Crippen LogP contribution is -2.27. The van der Waals surface area contributed by atoms with Crippen LogP contribution in [0.3, 0.4) is 0 Å². The minimum absolute atomic E-state index is 0.142. The summed E-state index contributed by atoms with van der Waals surface area (Å²) >= 11 is 0.803. The summed E-state index contributed by atoms with van der Waals surface area (Å²) in [6.45, 7) is 3.84. The number of nitriles is 1. The Morgan fingerprint density at radius 1 is 1.08 bits per heavy atom. The van der Waals surface area contributed by atoms with Crippen LogP contribution in [0.1, 0.15) is 27.8 Å². The van der Waals surface area contributed by atoms with E-state index in [9.17, 15) is 19.2 Å². The molecule has 6 nitrogen and oxygen atoms in total. The number of thioether (sulfide) groups is 1. The number of imide groups is 1. The van der Waals surface area contributed by atoms with Crippen molar-refractivity contribution in [1.82, 2.24) is 4.90 Å². The third-order valence-electron chi connectivity index (χ3n) is 5.71. The van der Waals surface area contributed by atoms with E-state index in [-0.39, 0.29) is 23.6 Å². The van der Waals surface area contributed by atoms with Crippen molar-refractivity contribution in [2.75, 3.05) is 7.11 Å². The predicted octanol–water partition coefficient (Wildman–Crippen LogP) is 6.25. The van der Waals surface area contributed by atoms with Crippen LogP contribution in [-0.2, 0) is 24.4 Å². The van der Waals surface area contributed by atoms with Crippen LogP contribution in [0.2, 0.25) is 0 Å². The lowest BCUT2D eigenvalue weighted by molar-refractivity contribution is -0.123. The highest BCUT2D eigenvalue weighted by molar-refractivity contribution is 8.18. The highest BCUT2D eigenvalue weighted by atomic mass is 32.2. The van der Waals surface area contributed by atoms with E-state index in [1.54, 1.807) is 48.6 Å². The van der Waals surface area contributed by atoms with Crippen molar-refractivity contribution in [3.05, 3.63) is 112 Å². The lowest BCUT2D eigenvalue weighted by atomic mass is 10.0. The van der Waals surface area contributed by atoms with E-state index < -0.39 is 17.0 Å². The topological polar surface area (TPSA) is 79.6 Å². The average molecular weight is 515 g/mol. The first-order valence-corrected chi connectivity index (χ1v) is 12.2. The maximum Gasteiger partial charge on any atom is 0.293 e. The molecule has 186 valence electrons. The zero-order chi connectivity index (χ0) is 26.4. The van der Waals surface area contributed by atoms with Gasteiger partial charge in [-0.1, -0.05) is 42.5 Å². The number of carbonyl (C=O) groups is 2. The molecule has 0 bridgehead atoms. The average Bonchev–Trinajstić information content (AvgIpc) is 3.16. The van der Waals surface area contributed by atoms with E-state index in [0.29, 0.717) is 29.0 Å². The SMILES string of the molecule is C=CCc1cc(/C=C2/SC(=O)N(Cc3ccccc3F)C2=O)cc(OC)c1OCc1ccccc1C#N. The van der Waals surface area contributed by atoms with Crippen LogP contribution in [0.4, 0.5) is 9.18 Å². The molecule has 1 aliphatic rings. The van der Waals surface area contributed by atoms with Gasteiger partial charge in [-0.2, -0.15) is 5.26 Å². The fourth-order valence-corrected chi connectivity index (χ4v) is 4.72. The van der Waals surface area contributed by atoms with Crippen LogP contribution in [0.5, 0.6) is 11.5 Å². The normalized spacial score (nSPS) is 14.1. The van der Waals surface area contributed by atoms with Crippen molar-refractivity contribution in [2.45, 2.75) is 19.6 Å². The monoisotopic (exact) mass is 514 g/mol. The molecule has 0 saturated carbocycles. The Morgan fingerprint density at radius 3 is 2.51 bits per heavy atom. The Morgan fingerprint density at radius 2 is 1.81 bits per heavy atom. The fraction of sp³-hybridized carbons (Fsp3) is 0.138. The van der Waals surface area contributed by atoms with Crippen LogP contribution in [0.25, 0.3) is 6.08 Å². The lowest BCUT2D eigenvalue weighted by Gasteiger charge is -2.16. The first-order valence-electron chi connectivity index (χ1n) is 11.4. The maximum atomic E-state index is 14.1. The van der Waals surface area contributed by atoms with E-state index in [0.717, 1.165) is 27.8 Å². The molecule has 0 atom stereocenters. The fourth-order valence-electron chi connectivity index (χ4n) is 3.88. The molecule has 0 unspecified atom stereocenters. The van der Waals surface area contributed by atoms with Gasteiger partial charge in [0.05, 0.1) is 30.2 Å². The van der Waals surface area contributed by atoms with E-state index in [4.69, 9.17) is 9.47 Å². The molecule has 0 aromatic heterocycles. The molecular weight excluding hydrogens is 491 g/mol. The van der Waals surface area contributed by atoms with Crippen molar-refractivity contribution < 1.29 is 23.5 Å². The molecule has 4 rings (SSSR count). The van der Waals surface area contributed by atoms with Crippen molar-refractivity contribution in [1.29, 1.82) is 5.26 Å². The number of benzene rings is 3. The highest BCUT2D eigenvalue weighted by Gasteiger charge is 2.35. The number of ether oxygens (including phenoxy) is 2. The number of halogens is 1. The van der Waals surface area contributed by atoms with Gasteiger partial charge in [0.25, 0.3) is 11.1 Å². The summed E-state index contributed by atoms with van der Waals surface area (Å²) in [6, 6.07) is 18.9. The van der Waals surface area contributed by atoms with Crippen LogP contribution in [0, 0.1) is 17.1 Å². The van der Waals surface area contributed by atoms with Gasteiger partial charge in [-0.15, -0.1) is 6.58 Å². The predicted molar refractivity (Wildman–Crippen MR) is 140 cm³/mol. The van der Waals surface area contributed by atoms with Gasteiger partial charge < -0.3 is 9.47 Å². The molecule has 0 spiro atoms. The Hall–Kier alpha value is -4.35. The maximum absolute atomic E-state index is 14.1. The van der Waals surface area contributed by atoms with Gasteiger partial charge in [0.1, 0.15) is 12.4 Å². The van der Waals surface area contributed by atoms with Crippen LogP contribution >= 0.6 is 11.8 Å². The molecule has 2 amide bonds. The number of hydrogen-bond acceptors (Lipinski definition) is 6. The minimum atomic E-state index is -0.490. The summed E-state index contributed by atoms with van der Waals surface area (Å²) < 4.78 is 25.7. The number of nitrogens with zero attached hydrogens (tertiary/aromatic N) is 2. The largest absolute Gasteiger partial charge is 0.493 e. The molecule has 0 N–H and O–H groups in total. The Labute approximate surface area is 218 Å². The molecule has 1 fully saturated rings. The Kier molecular flexibility index (Phi) is 8.06. The molecule has 1 saturated heterocycles. The smallest absolute Gasteiger partial charge is 0.293 e. The second-order valence-corrected chi connectivity index (χ2v) is 9.11. The molecular formula is C29H23FN2O4S. The standard InChI is InChI=1S/C29H23FN2O4S/c1-3-8-20-13-19(14-25(35-2)27(20)36-18-23-11-5-4-9-21(23)16-31)15-26-28(33)32(29(34)37-26)17-22-10-6-7-12-24(22)30/h3-7,9-15H,1,8,17-18H2,2H3/b26-15+. The van der Waals surface area contributed by atoms with Gasteiger partial charge in [0.15, 0.2) is 11.5 Å². The summed E-state index contributed by atoms with van der Waals surface area (Å²) in [5.74, 6) is -0.0289. The van der Waals surface area contributed by atoms with Crippen LogP contribution < -0.4 is 9.47 Å². The highest BCUT2D eigenvalue weighted by Crippen LogP contribution is 2.38. The summed E-state index contributed by atoms with van der Waals surface area (Å²) in [7, 11) is 1.51. The zero-order valence-electron chi connectivity index (χ0n) is 20.1. The second kappa shape index (κ2) is 11.6. The molecule has 0 aliphatic carbocycles. The Bertz CT molecular complexity index is 1440.